The van der Waals surface area contributed by atoms with Gasteiger partial charge in [0.05, 0.1) is 18.4 Å². The Labute approximate surface area is 174 Å². The number of aromatic nitrogens is 1. The average Bonchev–Trinajstić information content (AvgIpc) is 3.26. The summed E-state index contributed by atoms with van der Waals surface area (Å²) in [5.74, 6) is 1.80. The number of anilines is 1. The molecule has 0 atom stereocenters. The molecule has 2 aromatic rings. The van der Waals surface area contributed by atoms with Crippen LogP contribution in [0.15, 0.2) is 42.7 Å². The standard InChI is InChI=1S/C24H33N3O2/c1-2-28-24-16-19(9-10-23(24)29-22-7-3-4-8-22)18-27-14-11-20(12-15-27)26-21-6-5-13-25-17-21/h5-6,9-10,13,16-17,20,22,26H,2-4,7-8,11-12,14-15,18H2,1H3. The molecule has 0 unspecified atom stereocenters. The first-order valence-corrected chi connectivity index (χ1v) is 11.1. The number of ether oxygens (including phenoxy) is 2. The van der Waals surface area contributed by atoms with Crippen LogP contribution < -0.4 is 14.8 Å². The SMILES string of the molecule is CCOc1cc(CN2CCC(Nc3cccnc3)CC2)ccc1OC1CCCC1. The highest BCUT2D eigenvalue weighted by Gasteiger charge is 2.21. The number of nitrogens with zero attached hydrogens (tertiary/aromatic N) is 2. The van der Waals surface area contributed by atoms with Crippen molar-refractivity contribution in [1.29, 1.82) is 0 Å². The fourth-order valence-corrected chi connectivity index (χ4v) is 4.38. The molecule has 4 rings (SSSR count). The molecule has 5 heteroatoms. The molecule has 29 heavy (non-hydrogen) atoms. The normalized spacial score (nSPS) is 18.7. The zero-order valence-electron chi connectivity index (χ0n) is 17.5. The van der Waals surface area contributed by atoms with Gasteiger partial charge in [-0.05, 0) is 75.3 Å². The van der Waals surface area contributed by atoms with E-state index in [1.54, 1.807) is 0 Å². The molecule has 1 aromatic heterocycles. The number of hydrogen-bond acceptors (Lipinski definition) is 5. The Morgan fingerprint density at radius 3 is 2.62 bits per heavy atom. The summed E-state index contributed by atoms with van der Waals surface area (Å²) < 4.78 is 12.1. The van der Waals surface area contributed by atoms with E-state index in [0.717, 1.165) is 62.5 Å². The molecule has 1 N–H and O–H groups in total. The minimum atomic E-state index is 0.353. The molecule has 2 aliphatic rings. The first-order chi connectivity index (χ1) is 14.3. The maximum absolute atomic E-state index is 6.22. The number of benzene rings is 1. The third kappa shape index (κ3) is 5.63. The van der Waals surface area contributed by atoms with Gasteiger partial charge in [-0.1, -0.05) is 6.07 Å². The number of likely N-dealkylation sites (tertiary alicyclic amines) is 1. The summed E-state index contributed by atoms with van der Waals surface area (Å²) in [7, 11) is 0. The second-order valence-corrected chi connectivity index (χ2v) is 8.17. The molecule has 0 amide bonds. The first kappa shape index (κ1) is 20.0. The lowest BCUT2D eigenvalue weighted by molar-refractivity contribution is 0.195. The summed E-state index contributed by atoms with van der Waals surface area (Å²) in [6.07, 6.45) is 11.2. The van der Waals surface area contributed by atoms with Crippen molar-refractivity contribution in [2.75, 3.05) is 25.0 Å². The molecule has 0 radical (unpaired) electrons. The van der Waals surface area contributed by atoms with Crippen molar-refractivity contribution in [3.05, 3.63) is 48.3 Å². The van der Waals surface area contributed by atoms with Gasteiger partial charge in [0.1, 0.15) is 0 Å². The lowest BCUT2D eigenvalue weighted by Crippen LogP contribution is -2.38. The molecule has 2 heterocycles. The topological polar surface area (TPSA) is 46.6 Å². The lowest BCUT2D eigenvalue weighted by Gasteiger charge is -2.33. The summed E-state index contributed by atoms with van der Waals surface area (Å²) in [5.41, 5.74) is 2.41. The Balaban J connectivity index is 1.31. The van der Waals surface area contributed by atoms with Crippen LogP contribution in [0.25, 0.3) is 0 Å². The van der Waals surface area contributed by atoms with Crippen molar-refractivity contribution in [2.45, 2.75) is 64.1 Å². The zero-order valence-corrected chi connectivity index (χ0v) is 17.5. The van der Waals surface area contributed by atoms with Gasteiger partial charge in [0.25, 0.3) is 0 Å². The Bertz CT molecular complexity index is 754. The lowest BCUT2D eigenvalue weighted by atomic mass is 10.0. The molecule has 1 aliphatic carbocycles. The molecule has 2 fully saturated rings. The van der Waals surface area contributed by atoms with Crippen LogP contribution in [0.4, 0.5) is 5.69 Å². The highest BCUT2D eigenvalue weighted by Crippen LogP contribution is 2.33. The second-order valence-electron chi connectivity index (χ2n) is 8.17. The van der Waals surface area contributed by atoms with Gasteiger partial charge in [0.15, 0.2) is 11.5 Å². The second kappa shape index (κ2) is 9.97. The summed E-state index contributed by atoms with van der Waals surface area (Å²) in [5, 5.41) is 3.61. The van der Waals surface area contributed by atoms with Crippen molar-refractivity contribution in [2.24, 2.45) is 0 Å². The van der Waals surface area contributed by atoms with Crippen LogP contribution in [0.1, 0.15) is 51.0 Å². The third-order valence-electron chi connectivity index (χ3n) is 5.93. The van der Waals surface area contributed by atoms with Gasteiger partial charge in [-0.2, -0.15) is 0 Å². The van der Waals surface area contributed by atoms with Crippen LogP contribution in [0.2, 0.25) is 0 Å². The predicted molar refractivity (Wildman–Crippen MR) is 117 cm³/mol. The van der Waals surface area contributed by atoms with Gasteiger partial charge in [0.2, 0.25) is 0 Å². The largest absolute Gasteiger partial charge is 0.490 e. The molecule has 156 valence electrons. The van der Waals surface area contributed by atoms with Gasteiger partial charge < -0.3 is 14.8 Å². The highest BCUT2D eigenvalue weighted by atomic mass is 16.5. The number of rotatable bonds is 8. The minimum absolute atomic E-state index is 0.353. The van der Waals surface area contributed by atoms with Gasteiger partial charge >= 0.3 is 0 Å². The third-order valence-corrected chi connectivity index (χ3v) is 5.93. The van der Waals surface area contributed by atoms with Crippen LogP contribution in [0, 0.1) is 0 Å². The van der Waals surface area contributed by atoms with Crippen molar-refractivity contribution >= 4 is 5.69 Å². The van der Waals surface area contributed by atoms with Crippen LogP contribution >= 0.6 is 0 Å². The molecular formula is C24H33N3O2. The fourth-order valence-electron chi connectivity index (χ4n) is 4.38. The molecule has 0 bridgehead atoms. The van der Waals surface area contributed by atoms with Crippen molar-refractivity contribution in [3.8, 4) is 11.5 Å². The number of nitrogens with one attached hydrogen (secondary N) is 1. The Morgan fingerprint density at radius 1 is 1.07 bits per heavy atom. The fraction of sp³-hybridized carbons (Fsp3) is 0.542. The molecule has 1 saturated carbocycles. The van der Waals surface area contributed by atoms with Gasteiger partial charge in [0, 0.05) is 38.1 Å². The van der Waals surface area contributed by atoms with Crippen LogP contribution in [0.5, 0.6) is 11.5 Å². The van der Waals surface area contributed by atoms with Crippen molar-refractivity contribution in [1.82, 2.24) is 9.88 Å². The molecule has 1 aliphatic heterocycles. The van der Waals surface area contributed by atoms with E-state index in [0.29, 0.717) is 18.8 Å². The van der Waals surface area contributed by atoms with Crippen LogP contribution in [0.3, 0.4) is 0 Å². The van der Waals surface area contributed by atoms with E-state index in [1.165, 1.54) is 18.4 Å². The van der Waals surface area contributed by atoms with E-state index in [1.807, 2.05) is 25.4 Å². The Morgan fingerprint density at radius 2 is 1.90 bits per heavy atom. The number of hydrogen-bond donors (Lipinski definition) is 1. The van der Waals surface area contributed by atoms with Crippen molar-refractivity contribution in [3.63, 3.8) is 0 Å². The summed E-state index contributed by atoms with van der Waals surface area (Å²) >= 11 is 0. The highest BCUT2D eigenvalue weighted by molar-refractivity contribution is 5.43. The quantitative estimate of drug-likeness (QED) is 0.690. The molecule has 1 aromatic carbocycles. The summed E-state index contributed by atoms with van der Waals surface area (Å²) in [4.78, 5) is 6.72. The first-order valence-electron chi connectivity index (χ1n) is 11.1. The minimum Gasteiger partial charge on any atom is -0.490 e. The molecule has 5 nitrogen and oxygen atoms in total. The maximum atomic E-state index is 6.22. The van der Waals surface area contributed by atoms with Crippen molar-refractivity contribution < 1.29 is 9.47 Å². The Kier molecular flexibility index (Phi) is 6.88. The smallest absolute Gasteiger partial charge is 0.161 e. The molecule has 1 saturated heterocycles. The van der Waals surface area contributed by atoms with Crippen LogP contribution in [-0.2, 0) is 6.54 Å². The van der Waals surface area contributed by atoms with E-state index in [9.17, 15) is 0 Å². The zero-order chi connectivity index (χ0) is 19.9. The van der Waals surface area contributed by atoms with E-state index in [4.69, 9.17) is 9.47 Å². The molecule has 0 spiro atoms. The van der Waals surface area contributed by atoms with Gasteiger partial charge in [-0.15, -0.1) is 0 Å². The number of pyridine rings is 1. The van der Waals surface area contributed by atoms with Gasteiger partial charge in [-0.3, -0.25) is 9.88 Å². The van der Waals surface area contributed by atoms with E-state index in [-0.39, 0.29) is 0 Å². The van der Waals surface area contributed by atoms with Crippen LogP contribution in [-0.4, -0.2) is 41.7 Å². The van der Waals surface area contributed by atoms with E-state index >= 15 is 0 Å². The molecular weight excluding hydrogens is 362 g/mol. The average molecular weight is 396 g/mol. The predicted octanol–water partition coefficient (Wildman–Crippen LogP) is 4.88. The van der Waals surface area contributed by atoms with Gasteiger partial charge in [-0.25, -0.2) is 0 Å². The maximum Gasteiger partial charge on any atom is 0.161 e. The van der Waals surface area contributed by atoms with E-state index < -0.39 is 0 Å². The summed E-state index contributed by atoms with van der Waals surface area (Å²) in [6, 6.07) is 11.1. The monoisotopic (exact) mass is 395 g/mol. The van der Waals surface area contributed by atoms with E-state index in [2.05, 4.69) is 39.5 Å². The summed E-state index contributed by atoms with van der Waals surface area (Å²) in [6.45, 7) is 5.86. The number of piperidine rings is 1. The Hall–Kier alpha value is -2.27.